The number of aromatic amines is 1. The third-order valence-corrected chi connectivity index (χ3v) is 3.15. The molecule has 0 radical (unpaired) electrons. The first-order chi connectivity index (χ1) is 10.7. The van der Waals surface area contributed by atoms with Crippen molar-refractivity contribution in [2.45, 2.75) is 6.92 Å². The molecule has 5 heteroatoms. The van der Waals surface area contributed by atoms with Gasteiger partial charge in [-0.1, -0.05) is 0 Å². The van der Waals surface area contributed by atoms with Crippen LogP contribution in [-0.4, -0.2) is 15.9 Å². The summed E-state index contributed by atoms with van der Waals surface area (Å²) in [5.74, 6) is 1.29. The molecule has 0 aliphatic heterocycles. The zero-order valence-corrected chi connectivity index (χ0v) is 12.0. The van der Waals surface area contributed by atoms with E-state index >= 15 is 0 Å². The van der Waals surface area contributed by atoms with Crippen LogP contribution in [0.3, 0.4) is 0 Å². The highest BCUT2D eigenvalue weighted by Gasteiger charge is 2.08. The smallest absolute Gasteiger partial charge is 0.272 e. The van der Waals surface area contributed by atoms with E-state index < -0.39 is 0 Å². The van der Waals surface area contributed by atoms with Crippen LogP contribution < -0.4 is 10.1 Å². The van der Waals surface area contributed by atoms with Crippen molar-refractivity contribution in [3.05, 3.63) is 72.3 Å². The number of carbonyl (C=O) groups is 1. The number of rotatable bonds is 4. The molecule has 0 aliphatic rings. The molecule has 0 aliphatic carbocycles. The highest BCUT2D eigenvalue weighted by atomic mass is 16.5. The Morgan fingerprint density at radius 2 is 2.00 bits per heavy atom. The van der Waals surface area contributed by atoms with Crippen LogP contribution in [0.5, 0.6) is 11.5 Å². The van der Waals surface area contributed by atoms with E-state index in [4.69, 9.17) is 4.74 Å². The molecule has 110 valence electrons. The summed E-state index contributed by atoms with van der Waals surface area (Å²) in [6, 6.07) is 12.6. The molecule has 0 spiro atoms. The fourth-order valence-corrected chi connectivity index (χ4v) is 2.04. The van der Waals surface area contributed by atoms with Gasteiger partial charge in [0.2, 0.25) is 0 Å². The zero-order chi connectivity index (χ0) is 15.4. The van der Waals surface area contributed by atoms with Gasteiger partial charge in [0, 0.05) is 24.3 Å². The Bertz CT molecular complexity index is 768. The number of H-pyrrole nitrogens is 1. The fraction of sp³-hybridized carbons (Fsp3) is 0.0588. The number of aryl methyl sites for hydroxylation is 1. The number of aromatic nitrogens is 2. The van der Waals surface area contributed by atoms with E-state index in [9.17, 15) is 4.79 Å². The lowest BCUT2D eigenvalue weighted by molar-refractivity contribution is 0.102. The minimum Gasteiger partial charge on any atom is -0.457 e. The second-order valence-corrected chi connectivity index (χ2v) is 4.80. The van der Waals surface area contributed by atoms with E-state index in [1.807, 2.05) is 25.1 Å². The Hall–Kier alpha value is -3.08. The molecule has 3 rings (SSSR count). The summed E-state index contributed by atoms with van der Waals surface area (Å²) in [4.78, 5) is 18.8. The average Bonchev–Trinajstić information content (AvgIpc) is 3.05. The molecule has 2 heterocycles. The highest BCUT2D eigenvalue weighted by molar-refractivity contribution is 6.03. The number of nitrogens with zero attached hydrogens (tertiary/aromatic N) is 1. The molecule has 2 N–H and O–H groups in total. The summed E-state index contributed by atoms with van der Waals surface area (Å²) in [6.45, 7) is 1.93. The van der Waals surface area contributed by atoms with Crippen molar-refractivity contribution < 1.29 is 9.53 Å². The first-order valence-electron chi connectivity index (χ1n) is 6.85. The zero-order valence-electron chi connectivity index (χ0n) is 12.0. The maximum Gasteiger partial charge on any atom is 0.272 e. The molecule has 0 saturated heterocycles. The van der Waals surface area contributed by atoms with Crippen molar-refractivity contribution >= 4 is 11.6 Å². The van der Waals surface area contributed by atoms with Crippen molar-refractivity contribution in [3.63, 3.8) is 0 Å². The van der Waals surface area contributed by atoms with Crippen molar-refractivity contribution in [1.82, 2.24) is 9.97 Å². The van der Waals surface area contributed by atoms with Crippen molar-refractivity contribution in [3.8, 4) is 11.5 Å². The Labute approximate surface area is 128 Å². The molecule has 0 bridgehead atoms. The number of benzene rings is 1. The van der Waals surface area contributed by atoms with Crippen molar-refractivity contribution in [2.24, 2.45) is 0 Å². The van der Waals surface area contributed by atoms with Gasteiger partial charge in [0.25, 0.3) is 5.91 Å². The van der Waals surface area contributed by atoms with E-state index in [0.717, 1.165) is 22.7 Å². The molecular weight excluding hydrogens is 278 g/mol. The average molecular weight is 293 g/mol. The number of ether oxygens (including phenoxy) is 1. The molecule has 0 atom stereocenters. The maximum absolute atomic E-state index is 12.0. The van der Waals surface area contributed by atoms with Gasteiger partial charge in [-0.2, -0.15) is 0 Å². The molecule has 5 nitrogen and oxygen atoms in total. The second kappa shape index (κ2) is 6.13. The topological polar surface area (TPSA) is 67.0 Å². The number of pyridine rings is 1. The Balaban J connectivity index is 1.73. The minimum atomic E-state index is -0.174. The molecule has 1 amide bonds. The molecule has 0 saturated carbocycles. The monoisotopic (exact) mass is 293 g/mol. The third-order valence-electron chi connectivity index (χ3n) is 3.15. The van der Waals surface area contributed by atoms with Crippen molar-refractivity contribution in [2.75, 3.05) is 5.32 Å². The predicted octanol–water partition coefficient (Wildman–Crippen LogP) is 3.76. The largest absolute Gasteiger partial charge is 0.457 e. The number of carbonyl (C=O) groups excluding carboxylic acids is 1. The number of hydrogen-bond donors (Lipinski definition) is 2. The first-order valence-corrected chi connectivity index (χ1v) is 6.85. The van der Waals surface area contributed by atoms with E-state index in [-0.39, 0.29) is 5.91 Å². The maximum atomic E-state index is 12.0. The predicted molar refractivity (Wildman–Crippen MR) is 84.2 cm³/mol. The van der Waals surface area contributed by atoms with Gasteiger partial charge in [0.1, 0.15) is 17.2 Å². The van der Waals surface area contributed by atoms with Gasteiger partial charge in [-0.3, -0.25) is 9.78 Å². The van der Waals surface area contributed by atoms with Crippen LogP contribution >= 0.6 is 0 Å². The summed E-state index contributed by atoms with van der Waals surface area (Å²) < 4.78 is 5.78. The first kappa shape index (κ1) is 13.9. The lowest BCUT2D eigenvalue weighted by Gasteiger charge is -2.10. The van der Waals surface area contributed by atoms with Crippen LogP contribution in [0.25, 0.3) is 0 Å². The van der Waals surface area contributed by atoms with E-state index in [0.29, 0.717) is 5.69 Å². The van der Waals surface area contributed by atoms with Gasteiger partial charge in [-0.15, -0.1) is 0 Å². The molecule has 2 aromatic heterocycles. The van der Waals surface area contributed by atoms with E-state index in [1.165, 1.54) is 0 Å². The lowest BCUT2D eigenvalue weighted by Crippen LogP contribution is -2.12. The minimum absolute atomic E-state index is 0.174. The molecule has 0 fully saturated rings. The number of nitrogens with one attached hydrogen (secondary N) is 2. The molecule has 0 unspecified atom stereocenters. The van der Waals surface area contributed by atoms with Crippen LogP contribution in [0.1, 0.15) is 16.1 Å². The molecule has 3 aromatic rings. The van der Waals surface area contributed by atoms with Gasteiger partial charge in [0.05, 0.1) is 0 Å². The van der Waals surface area contributed by atoms with Gasteiger partial charge < -0.3 is 15.0 Å². The number of amides is 1. The standard InChI is InChI=1S/C17H15N3O2/c1-12-11-13(20-17(21)15-3-2-8-19-15)4-5-16(12)22-14-6-9-18-10-7-14/h2-11,19H,1H3,(H,20,21). The number of anilines is 1. The normalized spacial score (nSPS) is 10.2. The van der Waals surface area contributed by atoms with Gasteiger partial charge in [-0.25, -0.2) is 0 Å². The van der Waals surface area contributed by atoms with Gasteiger partial charge in [-0.05, 0) is 55.0 Å². The van der Waals surface area contributed by atoms with Crippen LogP contribution in [0.15, 0.2) is 61.1 Å². The SMILES string of the molecule is Cc1cc(NC(=O)c2ccc[nH]2)ccc1Oc1ccncc1. The van der Waals surface area contributed by atoms with Crippen LogP contribution in [0.4, 0.5) is 5.69 Å². The summed E-state index contributed by atoms with van der Waals surface area (Å²) >= 11 is 0. The summed E-state index contributed by atoms with van der Waals surface area (Å²) in [5, 5.41) is 2.84. The van der Waals surface area contributed by atoms with Gasteiger partial charge >= 0.3 is 0 Å². The van der Waals surface area contributed by atoms with Crippen LogP contribution in [-0.2, 0) is 0 Å². The lowest BCUT2D eigenvalue weighted by atomic mass is 10.2. The summed E-state index contributed by atoms with van der Waals surface area (Å²) in [6.07, 6.45) is 5.07. The summed E-state index contributed by atoms with van der Waals surface area (Å²) in [5.41, 5.74) is 2.18. The quantitative estimate of drug-likeness (QED) is 0.769. The van der Waals surface area contributed by atoms with E-state index in [1.54, 1.807) is 42.9 Å². The fourth-order valence-electron chi connectivity index (χ4n) is 2.04. The van der Waals surface area contributed by atoms with Crippen LogP contribution in [0, 0.1) is 6.92 Å². The second-order valence-electron chi connectivity index (χ2n) is 4.80. The van der Waals surface area contributed by atoms with E-state index in [2.05, 4.69) is 15.3 Å². The number of hydrogen-bond acceptors (Lipinski definition) is 3. The summed E-state index contributed by atoms with van der Waals surface area (Å²) in [7, 11) is 0. The Morgan fingerprint density at radius 1 is 1.18 bits per heavy atom. The third kappa shape index (κ3) is 3.15. The Kier molecular flexibility index (Phi) is 3.87. The molecule has 1 aromatic carbocycles. The molecule has 22 heavy (non-hydrogen) atoms. The molecular formula is C17H15N3O2. The van der Waals surface area contributed by atoms with Crippen LogP contribution in [0.2, 0.25) is 0 Å². The van der Waals surface area contributed by atoms with Crippen molar-refractivity contribution in [1.29, 1.82) is 0 Å². The Morgan fingerprint density at radius 3 is 2.68 bits per heavy atom. The highest BCUT2D eigenvalue weighted by Crippen LogP contribution is 2.27. The van der Waals surface area contributed by atoms with Gasteiger partial charge in [0.15, 0.2) is 0 Å².